The second-order valence-corrected chi connectivity index (χ2v) is 7.37. The third kappa shape index (κ3) is 5.39. The van der Waals surface area contributed by atoms with Crippen molar-refractivity contribution in [3.8, 4) is 10.6 Å². The predicted octanol–water partition coefficient (Wildman–Crippen LogP) is 3.44. The fraction of sp³-hybridized carbons (Fsp3) is 0.421. The number of nitrogens with zero attached hydrogens (tertiary/aromatic N) is 1. The average molecular weight is 359 g/mol. The van der Waals surface area contributed by atoms with Gasteiger partial charge in [0.1, 0.15) is 10.7 Å². The van der Waals surface area contributed by atoms with Crippen LogP contribution in [0.15, 0.2) is 29.6 Å². The van der Waals surface area contributed by atoms with Crippen molar-refractivity contribution in [2.24, 2.45) is 5.92 Å². The van der Waals surface area contributed by atoms with Crippen LogP contribution < -0.4 is 10.6 Å². The maximum Gasteiger partial charge on any atom is 0.270 e. The lowest BCUT2D eigenvalue weighted by Gasteiger charge is -2.08. The van der Waals surface area contributed by atoms with Gasteiger partial charge in [-0.2, -0.15) is 0 Å². The van der Waals surface area contributed by atoms with E-state index in [1.807, 2.05) is 26.0 Å². The molecule has 0 fully saturated rings. The zero-order valence-electron chi connectivity index (χ0n) is 15.1. The Morgan fingerprint density at radius 3 is 2.28 bits per heavy atom. The molecule has 0 unspecified atom stereocenters. The quantitative estimate of drug-likeness (QED) is 0.744. The zero-order chi connectivity index (χ0) is 18.4. The molecule has 1 heterocycles. The summed E-state index contributed by atoms with van der Waals surface area (Å²) in [6, 6.07) is 8.27. The highest BCUT2D eigenvalue weighted by molar-refractivity contribution is 7.13. The predicted molar refractivity (Wildman–Crippen MR) is 102 cm³/mol. The molecule has 2 N–H and O–H groups in total. The number of carbonyl (C=O) groups excluding carboxylic acids is 2. The van der Waals surface area contributed by atoms with Crippen LogP contribution in [-0.4, -0.2) is 29.9 Å². The number of thiazole rings is 1. The number of rotatable bonds is 7. The van der Waals surface area contributed by atoms with Gasteiger partial charge in [0.15, 0.2) is 0 Å². The van der Waals surface area contributed by atoms with Gasteiger partial charge in [0.05, 0.1) is 0 Å². The van der Waals surface area contributed by atoms with Crippen molar-refractivity contribution in [1.82, 2.24) is 15.6 Å². The number of amides is 2. The second-order valence-electron chi connectivity index (χ2n) is 6.52. The third-order valence-electron chi connectivity index (χ3n) is 3.80. The lowest BCUT2D eigenvalue weighted by Crippen LogP contribution is -2.36. The summed E-state index contributed by atoms with van der Waals surface area (Å²) in [6.07, 6.45) is 0. The summed E-state index contributed by atoms with van der Waals surface area (Å²) < 4.78 is 0. The molecular formula is C19H25N3O2S. The number of hydrogen-bond acceptors (Lipinski definition) is 4. The molecule has 2 aromatic rings. The van der Waals surface area contributed by atoms with Crippen LogP contribution in [0, 0.1) is 5.92 Å². The molecule has 2 amide bonds. The highest BCUT2D eigenvalue weighted by atomic mass is 32.1. The van der Waals surface area contributed by atoms with Crippen LogP contribution in [0.3, 0.4) is 0 Å². The lowest BCUT2D eigenvalue weighted by molar-refractivity contribution is -0.123. The Labute approximate surface area is 152 Å². The molecule has 0 aliphatic heterocycles. The summed E-state index contributed by atoms with van der Waals surface area (Å²) in [5.41, 5.74) is 2.70. The second kappa shape index (κ2) is 8.76. The number of aromatic nitrogens is 1. The fourth-order valence-electron chi connectivity index (χ4n) is 2.18. The lowest BCUT2D eigenvalue weighted by atomic mass is 10.0. The molecule has 0 saturated heterocycles. The van der Waals surface area contributed by atoms with Crippen molar-refractivity contribution < 1.29 is 9.59 Å². The molecule has 25 heavy (non-hydrogen) atoms. The summed E-state index contributed by atoms with van der Waals surface area (Å²) in [4.78, 5) is 28.0. The van der Waals surface area contributed by atoms with Gasteiger partial charge in [0.2, 0.25) is 5.91 Å². The molecule has 5 nitrogen and oxygen atoms in total. The summed E-state index contributed by atoms with van der Waals surface area (Å²) >= 11 is 1.45. The van der Waals surface area contributed by atoms with Gasteiger partial charge in [-0.3, -0.25) is 9.59 Å². The van der Waals surface area contributed by atoms with Crippen LogP contribution in [0.4, 0.5) is 0 Å². The smallest absolute Gasteiger partial charge is 0.270 e. The zero-order valence-corrected chi connectivity index (χ0v) is 15.9. The van der Waals surface area contributed by atoms with E-state index in [2.05, 4.69) is 41.6 Å². The van der Waals surface area contributed by atoms with Gasteiger partial charge in [-0.25, -0.2) is 4.98 Å². The molecule has 0 aliphatic carbocycles. The van der Waals surface area contributed by atoms with Crippen molar-refractivity contribution in [3.05, 3.63) is 40.9 Å². The first-order valence-electron chi connectivity index (χ1n) is 8.50. The molecule has 0 radical (unpaired) electrons. The van der Waals surface area contributed by atoms with E-state index in [-0.39, 0.29) is 17.7 Å². The maximum absolute atomic E-state index is 12.1. The Balaban J connectivity index is 1.89. The molecule has 1 aromatic carbocycles. The highest BCUT2D eigenvalue weighted by Gasteiger charge is 2.12. The van der Waals surface area contributed by atoms with Gasteiger partial charge < -0.3 is 10.6 Å². The van der Waals surface area contributed by atoms with E-state index in [1.165, 1.54) is 16.9 Å². The standard InChI is InChI=1S/C19H25N3O2S/c1-12(2)14-5-7-15(8-6-14)19-22-16(11-25-19)18(24)21-10-9-20-17(23)13(3)4/h5-8,11-13H,9-10H2,1-4H3,(H,20,23)(H,21,24). The van der Waals surface area contributed by atoms with E-state index in [9.17, 15) is 9.59 Å². The molecular weight excluding hydrogens is 334 g/mol. The number of hydrogen-bond donors (Lipinski definition) is 2. The summed E-state index contributed by atoms with van der Waals surface area (Å²) in [6.45, 7) is 8.77. The highest BCUT2D eigenvalue weighted by Crippen LogP contribution is 2.25. The van der Waals surface area contributed by atoms with Crippen LogP contribution in [0.1, 0.15) is 49.7 Å². The topological polar surface area (TPSA) is 71.1 Å². The molecule has 2 rings (SSSR count). The van der Waals surface area contributed by atoms with Gasteiger partial charge in [-0.15, -0.1) is 11.3 Å². The van der Waals surface area contributed by atoms with Gasteiger partial charge in [0, 0.05) is 30.0 Å². The first-order valence-corrected chi connectivity index (χ1v) is 9.38. The summed E-state index contributed by atoms with van der Waals surface area (Å²) in [5.74, 6) is 0.192. The number of nitrogens with one attached hydrogen (secondary N) is 2. The minimum absolute atomic E-state index is 0.0185. The third-order valence-corrected chi connectivity index (χ3v) is 4.69. The Hall–Kier alpha value is -2.21. The van der Waals surface area contributed by atoms with Crippen molar-refractivity contribution >= 4 is 23.2 Å². The van der Waals surface area contributed by atoms with Gasteiger partial charge in [-0.05, 0) is 11.5 Å². The Morgan fingerprint density at radius 2 is 1.68 bits per heavy atom. The molecule has 0 spiro atoms. The van der Waals surface area contributed by atoms with E-state index in [4.69, 9.17) is 0 Å². The van der Waals surface area contributed by atoms with Crippen molar-refractivity contribution in [2.45, 2.75) is 33.6 Å². The van der Waals surface area contributed by atoms with Crippen molar-refractivity contribution in [3.63, 3.8) is 0 Å². The molecule has 1 aromatic heterocycles. The Bertz CT molecular complexity index is 721. The molecule has 0 saturated carbocycles. The maximum atomic E-state index is 12.1. The number of carbonyl (C=O) groups is 2. The van der Waals surface area contributed by atoms with Crippen LogP contribution in [0.5, 0.6) is 0 Å². The molecule has 0 bridgehead atoms. The van der Waals surface area contributed by atoms with Gasteiger partial charge in [-0.1, -0.05) is 52.0 Å². The summed E-state index contributed by atoms with van der Waals surface area (Å²) in [5, 5.41) is 8.12. The normalized spacial score (nSPS) is 11.0. The SMILES string of the molecule is CC(C)C(=O)NCCNC(=O)c1csc(-c2ccc(C(C)C)cc2)n1. The molecule has 0 aliphatic rings. The molecule has 0 atom stereocenters. The fourth-order valence-corrected chi connectivity index (χ4v) is 2.98. The van der Waals surface area contributed by atoms with E-state index >= 15 is 0 Å². The molecule has 134 valence electrons. The van der Waals surface area contributed by atoms with Crippen LogP contribution in [-0.2, 0) is 4.79 Å². The summed E-state index contributed by atoms with van der Waals surface area (Å²) in [7, 11) is 0. The average Bonchev–Trinajstić information content (AvgIpc) is 3.08. The number of benzene rings is 1. The van der Waals surface area contributed by atoms with E-state index in [0.29, 0.717) is 24.7 Å². The van der Waals surface area contributed by atoms with Crippen molar-refractivity contribution in [1.29, 1.82) is 0 Å². The minimum Gasteiger partial charge on any atom is -0.354 e. The van der Waals surface area contributed by atoms with Gasteiger partial charge >= 0.3 is 0 Å². The van der Waals surface area contributed by atoms with Crippen molar-refractivity contribution in [2.75, 3.05) is 13.1 Å². The van der Waals surface area contributed by atoms with Crippen LogP contribution >= 0.6 is 11.3 Å². The van der Waals surface area contributed by atoms with E-state index in [1.54, 1.807) is 5.38 Å². The van der Waals surface area contributed by atoms with Crippen LogP contribution in [0.25, 0.3) is 10.6 Å². The largest absolute Gasteiger partial charge is 0.354 e. The Kier molecular flexibility index (Phi) is 6.70. The monoisotopic (exact) mass is 359 g/mol. The molecule has 6 heteroatoms. The minimum atomic E-state index is -0.222. The first kappa shape index (κ1) is 19.1. The Morgan fingerprint density at radius 1 is 1.04 bits per heavy atom. The van der Waals surface area contributed by atoms with Gasteiger partial charge in [0.25, 0.3) is 5.91 Å². The van der Waals surface area contributed by atoms with Crippen LogP contribution in [0.2, 0.25) is 0 Å². The first-order chi connectivity index (χ1) is 11.9. The van der Waals surface area contributed by atoms with E-state index in [0.717, 1.165) is 10.6 Å². The van der Waals surface area contributed by atoms with E-state index < -0.39 is 0 Å².